The number of esters is 1. The van der Waals surface area contributed by atoms with Crippen molar-refractivity contribution in [3.05, 3.63) is 47.4 Å². The highest BCUT2D eigenvalue weighted by Gasteiger charge is 2.45. The maximum absolute atomic E-state index is 14.5. The van der Waals surface area contributed by atoms with Gasteiger partial charge in [0.05, 0.1) is 19.1 Å². The summed E-state index contributed by atoms with van der Waals surface area (Å²) >= 11 is 2.81. The Morgan fingerprint density at radius 1 is 1.34 bits per heavy atom. The number of carbonyl (C=O) groups is 2. The van der Waals surface area contributed by atoms with Gasteiger partial charge >= 0.3 is 12.1 Å². The molecule has 3 rings (SSSR count). The zero-order valence-corrected chi connectivity index (χ0v) is 20.1. The first-order valence-corrected chi connectivity index (χ1v) is 11.3. The van der Waals surface area contributed by atoms with Crippen LogP contribution in [-0.2, 0) is 14.3 Å². The van der Waals surface area contributed by atoms with Crippen molar-refractivity contribution in [1.29, 1.82) is 0 Å². The molecule has 2 aliphatic carbocycles. The van der Waals surface area contributed by atoms with Gasteiger partial charge in [-0.15, -0.1) is 0 Å². The van der Waals surface area contributed by atoms with Crippen LogP contribution in [0, 0.1) is 5.92 Å². The third kappa shape index (κ3) is 6.15. The van der Waals surface area contributed by atoms with Gasteiger partial charge in [0.1, 0.15) is 17.2 Å². The maximum atomic E-state index is 14.5. The smallest absolute Gasteiger partial charge is 0.416 e. The third-order valence-corrected chi connectivity index (χ3v) is 5.61. The van der Waals surface area contributed by atoms with Crippen molar-refractivity contribution in [2.45, 2.75) is 56.6 Å². The molecular weight excluding hydrogens is 486 g/mol. The molecule has 6 nitrogen and oxygen atoms in total. The number of halogens is 3. The first kappa shape index (κ1) is 24.4. The fourth-order valence-corrected chi connectivity index (χ4v) is 3.79. The van der Waals surface area contributed by atoms with Crippen LogP contribution >= 0.6 is 15.9 Å². The summed E-state index contributed by atoms with van der Waals surface area (Å²) in [6.45, 7) is 7.12. The van der Waals surface area contributed by atoms with Gasteiger partial charge in [-0.3, -0.25) is 9.69 Å². The normalized spacial score (nSPS) is 24.8. The maximum Gasteiger partial charge on any atom is 0.416 e. The molecule has 0 aliphatic heterocycles. The quantitative estimate of drug-likeness (QED) is 0.359. The molecule has 174 valence electrons. The number of carbonyl (C=O) groups excluding carboxylic acids is 2. The Morgan fingerprint density at radius 2 is 2.06 bits per heavy atom. The summed E-state index contributed by atoms with van der Waals surface area (Å²) in [5.41, 5.74) is 0.259. The molecule has 0 N–H and O–H groups in total. The van der Waals surface area contributed by atoms with Crippen molar-refractivity contribution in [3.8, 4) is 0 Å². The molecule has 0 radical (unpaired) electrons. The van der Waals surface area contributed by atoms with Crippen LogP contribution in [-0.4, -0.2) is 40.4 Å². The van der Waals surface area contributed by atoms with Gasteiger partial charge in [0.2, 0.25) is 0 Å². The Labute approximate surface area is 194 Å². The lowest BCUT2D eigenvalue weighted by atomic mass is 10.0. The number of nitrogens with zero attached hydrogens (tertiary/aromatic N) is 2. The van der Waals surface area contributed by atoms with Gasteiger partial charge in [-0.05, 0) is 73.7 Å². The Bertz CT molecular complexity index is 938. The van der Waals surface area contributed by atoms with E-state index in [-0.39, 0.29) is 35.7 Å². The summed E-state index contributed by atoms with van der Waals surface area (Å²) in [7, 11) is 0. The van der Waals surface area contributed by atoms with Crippen LogP contribution in [0.3, 0.4) is 0 Å². The average Bonchev–Trinajstić information content (AvgIpc) is 3.47. The molecule has 3 atom stereocenters. The Kier molecular flexibility index (Phi) is 7.07. The standard InChI is InChI=1S/C23H27BrF2N2O4/c1-5-31-20(29)17-10-16(17)14-6-7-19(27-12-14)28(21(30)32-22(2,3)4)13-15-8-9-23(24,26)11-18(15)25/h6-9,12,16-17H,5,10-11,13H2,1-4H3/t16-,17+,23?/m1/s1. The van der Waals surface area contributed by atoms with Crippen LogP contribution in [0.25, 0.3) is 0 Å². The minimum Gasteiger partial charge on any atom is -0.466 e. The molecule has 0 aromatic carbocycles. The summed E-state index contributed by atoms with van der Waals surface area (Å²) < 4.78 is 37.1. The third-order valence-electron chi connectivity index (χ3n) is 5.07. The SMILES string of the molecule is CCOC(=O)[C@H]1C[C@@H]1c1ccc(N(CC2=C(F)CC(F)(Br)C=C2)C(=O)OC(C)(C)C)nc1. The molecule has 32 heavy (non-hydrogen) atoms. The molecule has 1 heterocycles. The second-order valence-corrected chi connectivity index (χ2v) is 10.2. The lowest BCUT2D eigenvalue weighted by Gasteiger charge is -2.28. The second kappa shape index (κ2) is 9.29. The van der Waals surface area contributed by atoms with E-state index >= 15 is 0 Å². The van der Waals surface area contributed by atoms with Crippen molar-refractivity contribution in [1.82, 2.24) is 4.98 Å². The molecule has 1 saturated carbocycles. The van der Waals surface area contributed by atoms with Crippen LogP contribution in [0.1, 0.15) is 52.0 Å². The molecule has 0 saturated heterocycles. The van der Waals surface area contributed by atoms with Crippen molar-refractivity contribution in [3.63, 3.8) is 0 Å². The second-order valence-electron chi connectivity index (χ2n) is 8.92. The monoisotopic (exact) mass is 512 g/mol. The molecule has 1 aromatic heterocycles. The molecule has 1 fully saturated rings. The van der Waals surface area contributed by atoms with Gasteiger partial charge in [0.15, 0.2) is 4.58 Å². The number of amides is 1. The van der Waals surface area contributed by atoms with Crippen molar-refractivity contribution >= 4 is 33.8 Å². The molecule has 0 bridgehead atoms. The van der Waals surface area contributed by atoms with Crippen molar-refractivity contribution in [2.75, 3.05) is 18.1 Å². The van der Waals surface area contributed by atoms with E-state index in [1.165, 1.54) is 17.1 Å². The summed E-state index contributed by atoms with van der Waals surface area (Å²) in [5, 5.41) is 0. The molecule has 1 amide bonds. The largest absolute Gasteiger partial charge is 0.466 e. The van der Waals surface area contributed by atoms with E-state index < -0.39 is 28.5 Å². The fraction of sp³-hybridized carbons (Fsp3) is 0.522. The minimum absolute atomic E-state index is 0.0311. The summed E-state index contributed by atoms with van der Waals surface area (Å²) in [6.07, 6.45) is 3.65. The molecular formula is C23H27BrF2N2O4. The van der Waals surface area contributed by atoms with Crippen LogP contribution in [0.2, 0.25) is 0 Å². The van der Waals surface area contributed by atoms with Gasteiger partial charge < -0.3 is 9.47 Å². The van der Waals surface area contributed by atoms with Gasteiger partial charge in [-0.1, -0.05) is 12.1 Å². The van der Waals surface area contributed by atoms with Crippen LogP contribution in [0.4, 0.5) is 19.4 Å². The van der Waals surface area contributed by atoms with E-state index in [4.69, 9.17) is 9.47 Å². The van der Waals surface area contributed by atoms with Crippen LogP contribution in [0.15, 0.2) is 41.9 Å². The number of pyridine rings is 1. The predicted molar refractivity (Wildman–Crippen MR) is 120 cm³/mol. The number of alkyl halides is 2. The Balaban J connectivity index is 1.80. The van der Waals surface area contributed by atoms with E-state index in [0.717, 1.165) is 5.56 Å². The zero-order chi connectivity index (χ0) is 23.7. The van der Waals surface area contributed by atoms with Crippen LogP contribution in [0.5, 0.6) is 0 Å². The number of aromatic nitrogens is 1. The van der Waals surface area contributed by atoms with Crippen molar-refractivity contribution in [2.24, 2.45) is 5.92 Å². The minimum atomic E-state index is -1.95. The first-order valence-electron chi connectivity index (χ1n) is 10.5. The summed E-state index contributed by atoms with van der Waals surface area (Å²) in [5.74, 6) is -0.766. The van der Waals surface area contributed by atoms with E-state index in [1.54, 1.807) is 46.0 Å². The number of allylic oxidation sites excluding steroid dienone is 2. The number of hydrogen-bond acceptors (Lipinski definition) is 5. The molecule has 0 spiro atoms. The highest BCUT2D eigenvalue weighted by Crippen LogP contribution is 2.48. The Morgan fingerprint density at radius 3 is 2.62 bits per heavy atom. The van der Waals surface area contributed by atoms with Gasteiger partial charge in [-0.25, -0.2) is 18.6 Å². The van der Waals surface area contributed by atoms with Gasteiger partial charge in [0.25, 0.3) is 0 Å². The molecule has 1 aromatic rings. The average molecular weight is 513 g/mol. The summed E-state index contributed by atoms with van der Waals surface area (Å²) in [6, 6.07) is 3.42. The highest BCUT2D eigenvalue weighted by molar-refractivity contribution is 9.10. The van der Waals surface area contributed by atoms with E-state index in [9.17, 15) is 18.4 Å². The number of rotatable bonds is 6. The Hall–Kier alpha value is -2.29. The number of hydrogen-bond donors (Lipinski definition) is 0. The van der Waals surface area contributed by atoms with E-state index in [1.807, 2.05) is 0 Å². The lowest BCUT2D eigenvalue weighted by molar-refractivity contribution is -0.144. The zero-order valence-electron chi connectivity index (χ0n) is 18.5. The topological polar surface area (TPSA) is 68.7 Å². The van der Waals surface area contributed by atoms with Gasteiger partial charge in [-0.2, -0.15) is 0 Å². The molecule has 2 aliphatic rings. The first-order chi connectivity index (χ1) is 14.9. The van der Waals surface area contributed by atoms with Crippen LogP contribution < -0.4 is 4.90 Å². The fourth-order valence-electron chi connectivity index (χ4n) is 3.41. The predicted octanol–water partition coefficient (Wildman–Crippen LogP) is 5.73. The van der Waals surface area contributed by atoms with Crippen molar-refractivity contribution < 1.29 is 27.8 Å². The number of anilines is 1. The summed E-state index contributed by atoms with van der Waals surface area (Å²) in [4.78, 5) is 30.3. The van der Waals surface area contributed by atoms with E-state index in [0.29, 0.717) is 13.0 Å². The van der Waals surface area contributed by atoms with Gasteiger partial charge in [0, 0.05) is 18.2 Å². The molecule has 9 heteroatoms. The molecule has 1 unspecified atom stereocenters. The number of ether oxygens (including phenoxy) is 2. The lowest BCUT2D eigenvalue weighted by Crippen LogP contribution is -2.39. The van der Waals surface area contributed by atoms with E-state index in [2.05, 4.69) is 20.9 Å². The highest BCUT2D eigenvalue weighted by atomic mass is 79.9.